The summed E-state index contributed by atoms with van der Waals surface area (Å²) < 4.78 is 0. The van der Waals surface area contributed by atoms with Gasteiger partial charge in [0.05, 0.1) is 0 Å². The summed E-state index contributed by atoms with van der Waals surface area (Å²) in [7, 11) is 0. The largest absolute Gasteiger partial charge is 0.480 e. The fourth-order valence-electron chi connectivity index (χ4n) is 5.45. The number of carboxylic acids is 1. The molecule has 0 radical (unpaired) electrons. The Kier molecular flexibility index (Phi) is 12.3. The minimum Gasteiger partial charge on any atom is -0.480 e. The topological polar surface area (TPSA) is 203 Å². The third-order valence-electron chi connectivity index (χ3n) is 8.17. The Hall–Kier alpha value is -5.86. The number of hydrogen-bond acceptors (Lipinski definition) is 8. The molecule has 4 aromatic rings. The Bertz CT molecular complexity index is 1850. The van der Waals surface area contributed by atoms with Gasteiger partial charge in [-0.1, -0.05) is 72.8 Å². The number of aliphatic carboxylic acids is 1. The molecule has 6 rings (SSSR count). The van der Waals surface area contributed by atoms with Crippen LogP contribution >= 0.6 is 11.3 Å². The van der Waals surface area contributed by atoms with E-state index in [2.05, 4.69) is 26.6 Å². The molecule has 4 atom stereocenters. The second-order valence-corrected chi connectivity index (χ2v) is 13.0. The lowest BCUT2D eigenvalue weighted by Gasteiger charge is -2.24. The number of aliphatic hydroxyl groups excluding tert-OH is 1. The van der Waals surface area contributed by atoms with Crippen molar-refractivity contribution in [1.29, 1.82) is 0 Å². The highest BCUT2D eigenvalue weighted by molar-refractivity contribution is 7.09. The first-order valence-electron chi connectivity index (χ1n) is 16.2. The van der Waals surface area contributed by atoms with E-state index in [1.54, 1.807) is 48.5 Å². The number of nitrogens with one attached hydrogen (secondary N) is 5. The first-order valence-corrected chi connectivity index (χ1v) is 17.1. The molecule has 264 valence electrons. The number of carbonyl (C=O) groups is 6. The van der Waals surface area contributed by atoms with E-state index in [1.165, 1.54) is 11.3 Å². The summed E-state index contributed by atoms with van der Waals surface area (Å²) >= 11 is 1.37. The fourth-order valence-corrected chi connectivity index (χ4v) is 6.20. The summed E-state index contributed by atoms with van der Waals surface area (Å²) in [5.41, 5.74) is 3.44. The predicted octanol–water partition coefficient (Wildman–Crippen LogP) is 2.15. The zero-order valence-corrected chi connectivity index (χ0v) is 28.2. The van der Waals surface area contributed by atoms with E-state index in [-0.39, 0.29) is 32.1 Å². The zero-order valence-electron chi connectivity index (χ0n) is 27.3. The van der Waals surface area contributed by atoms with Gasteiger partial charge in [0.15, 0.2) is 0 Å². The van der Waals surface area contributed by atoms with Gasteiger partial charge in [-0.05, 0) is 45.8 Å². The molecule has 5 amide bonds. The molecule has 1 unspecified atom stereocenters. The molecule has 2 aliphatic rings. The van der Waals surface area contributed by atoms with Gasteiger partial charge < -0.3 is 36.8 Å². The molecule has 3 aromatic carbocycles. The Morgan fingerprint density at radius 3 is 1.98 bits per heavy atom. The average Bonchev–Trinajstić information content (AvgIpc) is 3.64. The number of amides is 5. The van der Waals surface area contributed by atoms with Gasteiger partial charge in [-0.25, -0.2) is 4.79 Å². The van der Waals surface area contributed by atoms with E-state index in [1.807, 2.05) is 47.8 Å². The molecule has 0 saturated carbocycles. The molecule has 0 saturated heterocycles. The van der Waals surface area contributed by atoms with Crippen LogP contribution < -0.4 is 26.6 Å². The third-order valence-corrected chi connectivity index (χ3v) is 9.07. The van der Waals surface area contributed by atoms with Gasteiger partial charge in [0.25, 0.3) is 5.91 Å². The number of rotatable bonds is 6. The van der Waals surface area contributed by atoms with Crippen LogP contribution in [0.5, 0.6) is 0 Å². The van der Waals surface area contributed by atoms with E-state index >= 15 is 0 Å². The summed E-state index contributed by atoms with van der Waals surface area (Å²) in [5.74, 6) is -5.21. The minimum absolute atomic E-state index is 0.0611. The molecule has 13 nitrogen and oxygen atoms in total. The number of hydrogen-bond donors (Lipinski definition) is 7. The molecule has 14 heteroatoms. The van der Waals surface area contributed by atoms with Crippen LogP contribution in [0.3, 0.4) is 0 Å². The van der Waals surface area contributed by atoms with Crippen LogP contribution in [0.2, 0.25) is 0 Å². The van der Waals surface area contributed by atoms with Crippen LogP contribution in [0.1, 0.15) is 28.8 Å². The molecule has 7 N–H and O–H groups in total. The van der Waals surface area contributed by atoms with Gasteiger partial charge in [0.2, 0.25) is 29.9 Å². The number of fused-ring (bicyclic) bond motifs is 18. The molecule has 0 spiro atoms. The maximum Gasteiger partial charge on any atom is 0.326 e. The van der Waals surface area contributed by atoms with Gasteiger partial charge >= 0.3 is 5.97 Å². The SMILES string of the molecule is O=C1CCC(=O)N[C@H](Cc2cccs2)C(=O)N[C@@H](Cc2ccc(-c3ccccc3)cc2)C(=O)NC(O)C(=O)N[C@H](C(=O)O)Cc2ccc(cc2)N1. The molecule has 2 aliphatic heterocycles. The summed E-state index contributed by atoms with van der Waals surface area (Å²) in [5, 5.41) is 34.7. The number of thiophene rings is 1. The third kappa shape index (κ3) is 10.6. The molecule has 0 fully saturated rings. The Morgan fingerprint density at radius 2 is 1.31 bits per heavy atom. The molecular weight excluding hydrogens is 675 g/mol. The molecule has 2 bridgehead atoms. The molecule has 1 aromatic heterocycles. The lowest BCUT2D eigenvalue weighted by molar-refractivity contribution is -0.145. The smallest absolute Gasteiger partial charge is 0.326 e. The van der Waals surface area contributed by atoms with Gasteiger partial charge in [-0.2, -0.15) is 0 Å². The lowest BCUT2D eigenvalue weighted by Crippen LogP contribution is -2.58. The first-order chi connectivity index (χ1) is 24.5. The summed E-state index contributed by atoms with van der Waals surface area (Å²) in [4.78, 5) is 78.8. The van der Waals surface area contributed by atoms with Crippen molar-refractivity contribution < 1.29 is 39.0 Å². The van der Waals surface area contributed by atoms with Gasteiger partial charge in [0, 0.05) is 42.7 Å². The van der Waals surface area contributed by atoms with E-state index in [9.17, 15) is 39.0 Å². The zero-order chi connectivity index (χ0) is 36.3. The van der Waals surface area contributed by atoms with Crippen LogP contribution in [0, 0.1) is 0 Å². The number of aliphatic hydroxyl groups is 1. The highest BCUT2D eigenvalue weighted by atomic mass is 32.1. The molecule has 3 heterocycles. The minimum atomic E-state index is -2.16. The van der Waals surface area contributed by atoms with Gasteiger partial charge in [-0.15, -0.1) is 11.3 Å². The second kappa shape index (κ2) is 17.2. The Morgan fingerprint density at radius 1 is 0.667 bits per heavy atom. The van der Waals surface area contributed by atoms with Crippen molar-refractivity contribution in [3.05, 3.63) is 112 Å². The van der Waals surface area contributed by atoms with Crippen molar-refractivity contribution in [3.63, 3.8) is 0 Å². The number of carboxylic acid groups (broad SMARTS) is 1. The number of carbonyl (C=O) groups excluding carboxylic acids is 5. The van der Waals surface area contributed by atoms with Crippen molar-refractivity contribution >= 4 is 52.5 Å². The normalized spacial score (nSPS) is 20.9. The van der Waals surface area contributed by atoms with E-state index in [4.69, 9.17) is 0 Å². The summed E-state index contributed by atoms with van der Waals surface area (Å²) in [6, 6.07) is 22.8. The van der Waals surface area contributed by atoms with E-state index < -0.39 is 59.9 Å². The standard InChI is InChI=1S/C37H37N5O8S/c43-31-16-17-32(44)39-29(21-27-7-4-18-51-27)33(45)40-28(19-22-8-12-25(13-9-22)24-5-2-1-3-6-24)34(46)42-36(48)35(47)41-30(37(49)50)20-23-10-14-26(38-31)15-11-23/h1-15,18,28-30,36,48H,16-17,19-21H2,(H,38,43)(H,39,44)(H,40,45)(H,41,47)(H,42,46)(H,49,50)/t28-,29+,30-,36?/m0/s1. The Balaban J connectivity index is 1.42. The predicted molar refractivity (Wildman–Crippen MR) is 189 cm³/mol. The van der Waals surface area contributed by atoms with Crippen molar-refractivity contribution in [3.8, 4) is 11.1 Å². The highest BCUT2D eigenvalue weighted by Gasteiger charge is 2.31. The van der Waals surface area contributed by atoms with Gasteiger partial charge in [-0.3, -0.25) is 24.0 Å². The monoisotopic (exact) mass is 711 g/mol. The first kappa shape index (κ1) is 36.4. The van der Waals surface area contributed by atoms with Crippen LogP contribution in [-0.4, -0.2) is 70.1 Å². The van der Waals surface area contributed by atoms with Crippen LogP contribution in [-0.2, 0) is 48.0 Å². The van der Waals surface area contributed by atoms with Crippen LogP contribution in [0.25, 0.3) is 11.1 Å². The maximum absolute atomic E-state index is 13.8. The quantitative estimate of drug-likeness (QED) is 0.147. The van der Waals surface area contributed by atoms with Gasteiger partial charge in [0.1, 0.15) is 18.1 Å². The van der Waals surface area contributed by atoms with Crippen molar-refractivity contribution in [2.45, 2.75) is 56.5 Å². The number of benzene rings is 3. The Labute approximate surface area is 297 Å². The van der Waals surface area contributed by atoms with E-state index in [0.29, 0.717) is 16.8 Å². The fraction of sp³-hybridized carbons (Fsp3) is 0.243. The second-order valence-electron chi connectivity index (χ2n) is 12.0. The maximum atomic E-state index is 13.8. The van der Waals surface area contributed by atoms with Crippen molar-refractivity contribution in [2.75, 3.05) is 5.32 Å². The molecule has 0 aliphatic carbocycles. The van der Waals surface area contributed by atoms with E-state index in [0.717, 1.165) is 16.0 Å². The highest BCUT2D eigenvalue weighted by Crippen LogP contribution is 2.20. The molecule has 51 heavy (non-hydrogen) atoms. The summed E-state index contributed by atoms with van der Waals surface area (Å²) in [6.07, 6.45) is -2.71. The average molecular weight is 712 g/mol. The summed E-state index contributed by atoms with van der Waals surface area (Å²) in [6.45, 7) is 0. The van der Waals surface area contributed by atoms with Crippen molar-refractivity contribution in [1.82, 2.24) is 21.3 Å². The van der Waals surface area contributed by atoms with Crippen LogP contribution in [0.4, 0.5) is 5.69 Å². The lowest BCUT2D eigenvalue weighted by atomic mass is 10.00. The van der Waals surface area contributed by atoms with Crippen molar-refractivity contribution in [2.24, 2.45) is 0 Å². The number of anilines is 1. The molecular formula is C37H37N5O8S. The van der Waals surface area contributed by atoms with Crippen LogP contribution in [0.15, 0.2) is 96.4 Å².